The Morgan fingerprint density at radius 1 is 1.06 bits per heavy atom. The van der Waals surface area contributed by atoms with Crippen molar-refractivity contribution in [1.29, 1.82) is 0 Å². The van der Waals surface area contributed by atoms with Gasteiger partial charge < -0.3 is 4.90 Å². The minimum Gasteiger partial charge on any atom is -0.367 e. The number of nitrogens with zero attached hydrogens (tertiary/aromatic N) is 1. The zero-order valence-corrected chi connectivity index (χ0v) is 9.63. The second kappa shape index (κ2) is 3.82. The molecule has 0 spiro atoms. The van der Waals surface area contributed by atoms with Crippen LogP contribution in [-0.4, -0.2) is 18.0 Å². The molecule has 0 aromatic heterocycles. The summed E-state index contributed by atoms with van der Waals surface area (Å²) in [4.78, 5) is 2.41. The van der Waals surface area contributed by atoms with Gasteiger partial charge in [-0.15, -0.1) is 0 Å². The van der Waals surface area contributed by atoms with Crippen LogP contribution in [0, 0.1) is 5.92 Å². The third-order valence-corrected chi connectivity index (χ3v) is 3.64. The fourth-order valence-electron chi connectivity index (χ4n) is 2.74. The van der Waals surface area contributed by atoms with E-state index in [1.54, 1.807) is 0 Å². The molecule has 0 aromatic carbocycles. The highest BCUT2D eigenvalue weighted by atomic mass is 15.1. The molecule has 0 amide bonds. The van der Waals surface area contributed by atoms with Crippen molar-refractivity contribution >= 4 is 0 Å². The molecule has 0 N–H and O–H groups in total. The fourth-order valence-corrected chi connectivity index (χ4v) is 2.74. The molecule has 2 aliphatic carbocycles. The van der Waals surface area contributed by atoms with E-state index in [0.717, 1.165) is 0 Å². The van der Waals surface area contributed by atoms with E-state index in [9.17, 15) is 0 Å². The summed E-state index contributed by atoms with van der Waals surface area (Å²) < 4.78 is 0. The quantitative estimate of drug-likeness (QED) is 0.594. The zero-order valence-electron chi connectivity index (χ0n) is 9.63. The Kier molecular flexibility index (Phi) is 2.32. The van der Waals surface area contributed by atoms with Gasteiger partial charge >= 0.3 is 0 Å². The Labute approximate surface area is 97.1 Å². The topological polar surface area (TPSA) is 3.24 Å². The van der Waals surface area contributed by atoms with Crippen molar-refractivity contribution in [3.63, 3.8) is 0 Å². The molecule has 3 rings (SSSR count). The van der Waals surface area contributed by atoms with E-state index in [-0.39, 0.29) is 0 Å². The van der Waals surface area contributed by atoms with Crippen molar-refractivity contribution in [2.45, 2.75) is 18.9 Å². The van der Waals surface area contributed by atoms with Gasteiger partial charge in [0.2, 0.25) is 0 Å². The average Bonchev–Trinajstić information content (AvgIpc) is 2.49. The van der Waals surface area contributed by atoms with E-state index in [2.05, 4.69) is 60.6 Å². The summed E-state index contributed by atoms with van der Waals surface area (Å²) in [5, 5.41) is 0. The largest absolute Gasteiger partial charge is 0.367 e. The molecule has 0 aromatic rings. The number of allylic oxidation sites excluding steroid dienone is 5. The van der Waals surface area contributed by atoms with E-state index in [1.807, 2.05) is 0 Å². The minimum absolute atomic E-state index is 0.483. The van der Waals surface area contributed by atoms with E-state index in [1.165, 1.54) is 24.1 Å². The molecule has 0 saturated heterocycles. The van der Waals surface area contributed by atoms with Crippen molar-refractivity contribution in [1.82, 2.24) is 4.90 Å². The van der Waals surface area contributed by atoms with Crippen molar-refractivity contribution in [2.75, 3.05) is 7.05 Å². The van der Waals surface area contributed by atoms with Gasteiger partial charge in [0.15, 0.2) is 0 Å². The van der Waals surface area contributed by atoms with Crippen LogP contribution in [0.15, 0.2) is 59.9 Å². The number of hydrogen-bond acceptors (Lipinski definition) is 1. The van der Waals surface area contributed by atoms with Gasteiger partial charge in [0.25, 0.3) is 0 Å². The van der Waals surface area contributed by atoms with Crippen LogP contribution >= 0.6 is 0 Å². The summed E-state index contributed by atoms with van der Waals surface area (Å²) >= 11 is 0. The van der Waals surface area contributed by atoms with Crippen LogP contribution in [0.5, 0.6) is 0 Å². The summed E-state index contributed by atoms with van der Waals surface area (Å²) in [5.74, 6) is 0.516. The number of hydrogen-bond donors (Lipinski definition) is 0. The summed E-state index contributed by atoms with van der Waals surface area (Å²) in [6.45, 7) is 0. The first kappa shape index (κ1) is 9.71. The lowest BCUT2D eigenvalue weighted by Crippen LogP contribution is -2.34. The van der Waals surface area contributed by atoms with E-state index in [0.29, 0.717) is 12.0 Å². The van der Waals surface area contributed by atoms with Crippen molar-refractivity contribution < 1.29 is 0 Å². The van der Waals surface area contributed by atoms with Crippen molar-refractivity contribution in [2.24, 2.45) is 5.92 Å². The minimum atomic E-state index is 0.483. The summed E-state index contributed by atoms with van der Waals surface area (Å²) in [5.41, 5.74) is 2.79. The third kappa shape index (κ3) is 1.47. The van der Waals surface area contributed by atoms with Gasteiger partial charge in [0.05, 0.1) is 6.04 Å². The second-order valence-electron chi connectivity index (χ2n) is 4.63. The zero-order chi connectivity index (χ0) is 11.0. The van der Waals surface area contributed by atoms with Crippen LogP contribution in [0.3, 0.4) is 0 Å². The van der Waals surface area contributed by atoms with Gasteiger partial charge in [-0.1, -0.05) is 48.6 Å². The number of fused-ring (bicyclic) bond motifs is 2. The molecule has 0 radical (unpaired) electrons. The molecule has 0 bridgehead atoms. The second-order valence-corrected chi connectivity index (χ2v) is 4.63. The Morgan fingerprint density at radius 2 is 1.88 bits per heavy atom. The van der Waals surface area contributed by atoms with Crippen LogP contribution in [0.2, 0.25) is 0 Å². The summed E-state index contributed by atoms with van der Waals surface area (Å²) in [6.07, 6.45) is 20.6. The number of likely N-dealkylation sites (N-methyl/N-ethyl adjacent to an activating group) is 1. The highest BCUT2D eigenvalue weighted by molar-refractivity contribution is 5.45. The molecule has 3 aliphatic rings. The maximum atomic E-state index is 2.41. The first-order valence-electron chi connectivity index (χ1n) is 6.03. The molecule has 2 atom stereocenters. The number of rotatable bonds is 0. The molecule has 1 nitrogen and oxygen atoms in total. The maximum Gasteiger partial charge on any atom is 0.0570 e. The van der Waals surface area contributed by atoms with E-state index >= 15 is 0 Å². The molecule has 1 heteroatoms. The van der Waals surface area contributed by atoms with E-state index < -0.39 is 0 Å². The van der Waals surface area contributed by atoms with Crippen LogP contribution in [-0.2, 0) is 0 Å². The van der Waals surface area contributed by atoms with Gasteiger partial charge in [-0.25, -0.2) is 0 Å². The predicted octanol–water partition coefficient (Wildman–Crippen LogP) is 3.20. The van der Waals surface area contributed by atoms with Crippen LogP contribution < -0.4 is 0 Å². The average molecular weight is 211 g/mol. The van der Waals surface area contributed by atoms with Crippen LogP contribution in [0.4, 0.5) is 0 Å². The third-order valence-electron chi connectivity index (χ3n) is 3.64. The van der Waals surface area contributed by atoms with Crippen LogP contribution in [0.25, 0.3) is 0 Å². The molecule has 16 heavy (non-hydrogen) atoms. The lowest BCUT2D eigenvalue weighted by molar-refractivity contribution is 0.326. The van der Waals surface area contributed by atoms with Gasteiger partial charge in [-0.05, 0) is 18.4 Å². The van der Waals surface area contributed by atoms with Gasteiger partial charge in [-0.2, -0.15) is 0 Å². The molecular formula is C15H17N. The van der Waals surface area contributed by atoms with Crippen molar-refractivity contribution in [3.05, 3.63) is 59.9 Å². The SMILES string of the molecule is CN1C2=CCCC=C2C=CC2C=CC=CC21. The molecule has 0 saturated carbocycles. The standard InChI is InChI=1S/C15H17N/c1-16-14-8-4-2-6-12(14)10-11-13-7-3-5-9-15(13)16/h2,4,6-12,14H,3,5H2,1H3. The monoisotopic (exact) mass is 211 g/mol. The first-order chi connectivity index (χ1) is 7.86. The molecule has 82 valence electrons. The predicted molar refractivity (Wildman–Crippen MR) is 67.9 cm³/mol. The molecule has 1 aliphatic heterocycles. The smallest absolute Gasteiger partial charge is 0.0570 e. The van der Waals surface area contributed by atoms with Crippen LogP contribution in [0.1, 0.15) is 12.8 Å². The highest BCUT2D eigenvalue weighted by Gasteiger charge is 2.26. The molecule has 0 fully saturated rings. The summed E-state index contributed by atoms with van der Waals surface area (Å²) in [6, 6.07) is 0.483. The molecule has 1 heterocycles. The molecular weight excluding hydrogens is 194 g/mol. The Hall–Kier alpha value is -1.50. The lowest BCUT2D eigenvalue weighted by atomic mass is 9.94. The van der Waals surface area contributed by atoms with E-state index in [4.69, 9.17) is 0 Å². The van der Waals surface area contributed by atoms with Gasteiger partial charge in [0, 0.05) is 18.7 Å². The van der Waals surface area contributed by atoms with Gasteiger partial charge in [-0.3, -0.25) is 0 Å². The van der Waals surface area contributed by atoms with Crippen molar-refractivity contribution in [3.8, 4) is 0 Å². The maximum absolute atomic E-state index is 2.41. The normalized spacial score (nSPS) is 31.4. The Bertz CT molecular complexity index is 434. The Balaban J connectivity index is 2.03. The lowest BCUT2D eigenvalue weighted by Gasteiger charge is -2.33. The molecule has 2 unspecified atom stereocenters. The fraction of sp³-hybridized carbons (Fsp3) is 0.333. The highest BCUT2D eigenvalue weighted by Crippen LogP contribution is 2.32. The van der Waals surface area contributed by atoms with Gasteiger partial charge in [0.1, 0.15) is 0 Å². The first-order valence-corrected chi connectivity index (χ1v) is 6.03. The summed E-state index contributed by atoms with van der Waals surface area (Å²) in [7, 11) is 2.21. The Morgan fingerprint density at radius 3 is 2.81 bits per heavy atom.